The monoisotopic (exact) mass is 724 g/mol. The Kier molecular flexibility index (Phi) is 11.4. The van der Waals surface area contributed by atoms with Crippen LogP contribution in [-0.4, -0.2) is 86.1 Å². The smallest absolute Gasteiger partial charge is 0.407 e. The van der Waals surface area contributed by atoms with E-state index >= 15 is 0 Å². The van der Waals surface area contributed by atoms with Gasteiger partial charge in [0.25, 0.3) is 5.91 Å². The van der Waals surface area contributed by atoms with Crippen LogP contribution in [0, 0.1) is 5.92 Å². The highest BCUT2D eigenvalue weighted by molar-refractivity contribution is 5.86. The van der Waals surface area contributed by atoms with E-state index in [-0.39, 0.29) is 29.8 Å². The first-order valence-electron chi connectivity index (χ1n) is 18.3. The van der Waals surface area contributed by atoms with Crippen LogP contribution in [-0.2, 0) is 19.1 Å². The van der Waals surface area contributed by atoms with E-state index in [1.165, 1.54) is 7.11 Å². The van der Waals surface area contributed by atoms with Crippen LogP contribution in [0.15, 0.2) is 60.9 Å². The number of nitrogens with one attached hydrogen (secondary N) is 3. The summed E-state index contributed by atoms with van der Waals surface area (Å²) in [5.41, 5.74) is 11.0. The number of imidazole rings is 2. The summed E-state index contributed by atoms with van der Waals surface area (Å²) in [6.07, 6.45) is 5.42. The zero-order valence-electron chi connectivity index (χ0n) is 30.6. The van der Waals surface area contributed by atoms with Crippen molar-refractivity contribution in [1.82, 2.24) is 35.1 Å². The van der Waals surface area contributed by atoms with Crippen molar-refractivity contribution in [3.8, 4) is 33.6 Å². The van der Waals surface area contributed by atoms with Gasteiger partial charge < -0.3 is 40.3 Å². The molecule has 4 atom stereocenters. The number of alkyl carbamates (subject to hydrolysis) is 1. The van der Waals surface area contributed by atoms with Crippen molar-refractivity contribution >= 4 is 24.0 Å². The summed E-state index contributed by atoms with van der Waals surface area (Å²) in [6, 6.07) is 15.3. The van der Waals surface area contributed by atoms with Gasteiger partial charge in [0.15, 0.2) is 6.10 Å². The third-order valence-electron chi connectivity index (χ3n) is 10.1. The maximum Gasteiger partial charge on any atom is 0.407 e. The molecule has 2 aromatic heterocycles. The fraction of sp³-hybridized carbons (Fsp3) is 0.436. The second kappa shape index (κ2) is 16.3. The normalized spacial score (nSPS) is 18.2. The molecule has 280 valence electrons. The Bertz CT molecular complexity index is 1900. The van der Waals surface area contributed by atoms with E-state index in [1.807, 2.05) is 45.0 Å². The van der Waals surface area contributed by atoms with Crippen molar-refractivity contribution in [2.45, 2.75) is 83.5 Å². The molecule has 2 aliphatic heterocycles. The number of hydrogen-bond acceptors (Lipinski definition) is 8. The third-order valence-corrected chi connectivity index (χ3v) is 10.1. The number of primary amides is 1. The van der Waals surface area contributed by atoms with Crippen LogP contribution in [0.5, 0.6) is 0 Å². The summed E-state index contributed by atoms with van der Waals surface area (Å²) in [4.78, 5) is 69.8. The van der Waals surface area contributed by atoms with Crippen molar-refractivity contribution in [2.24, 2.45) is 11.7 Å². The molecule has 5 N–H and O–H groups in total. The molecule has 14 nitrogen and oxygen atoms in total. The first-order chi connectivity index (χ1) is 25.6. The van der Waals surface area contributed by atoms with Crippen LogP contribution >= 0.6 is 0 Å². The quantitative estimate of drug-likeness (QED) is 0.135. The molecule has 0 unspecified atom stereocenters. The number of carbonyl (C=O) groups is 4. The second-order valence-corrected chi connectivity index (χ2v) is 14.0. The van der Waals surface area contributed by atoms with Crippen LogP contribution in [0.1, 0.15) is 83.0 Å². The number of aromatic nitrogens is 4. The number of likely N-dealkylation sites (tertiary alicyclic amines) is 2. The van der Waals surface area contributed by atoms with Crippen molar-refractivity contribution in [3.63, 3.8) is 0 Å². The van der Waals surface area contributed by atoms with Crippen molar-refractivity contribution < 1.29 is 28.7 Å². The van der Waals surface area contributed by atoms with Gasteiger partial charge in [-0.3, -0.25) is 9.59 Å². The zero-order chi connectivity index (χ0) is 37.6. The first kappa shape index (κ1) is 37.1. The Morgan fingerprint density at radius 3 is 1.72 bits per heavy atom. The maximum absolute atomic E-state index is 13.5. The Morgan fingerprint density at radius 1 is 0.811 bits per heavy atom. The van der Waals surface area contributed by atoms with E-state index in [2.05, 4.69) is 49.5 Å². The fourth-order valence-electron chi connectivity index (χ4n) is 7.32. The van der Waals surface area contributed by atoms with Gasteiger partial charge in [-0.25, -0.2) is 19.6 Å². The molecule has 0 aliphatic carbocycles. The second-order valence-electron chi connectivity index (χ2n) is 14.0. The molecule has 4 amide bonds. The number of aromatic amines is 2. The molecule has 0 saturated carbocycles. The molecule has 14 heteroatoms. The number of amides is 4. The molecule has 2 fully saturated rings. The Balaban J connectivity index is 1.10. The number of rotatable bonds is 12. The minimum atomic E-state index is -0.949. The van der Waals surface area contributed by atoms with Crippen LogP contribution in [0.3, 0.4) is 0 Å². The van der Waals surface area contributed by atoms with Gasteiger partial charge in [-0.15, -0.1) is 0 Å². The first-order valence-corrected chi connectivity index (χ1v) is 18.3. The Hall–Kier alpha value is -5.66. The van der Waals surface area contributed by atoms with E-state index in [1.54, 1.807) is 22.2 Å². The number of H-pyrrole nitrogens is 2. The number of nitrogens with two attached hydrogens (primary N) is 1. The zero-order valence-corrected chi connectivity index (χ0v) is 30.6. The molecule has 53 heavy (non-hydrogen) atoms. The average molecular weight is 725 g/mol. The van der Waals surface area contributed by atoms with Crippen LogP contribution in [0.4, 0.5) is 9.59 Å². The van der Waals surface area contributed by atoms with Gasteiger partial charge in [-0.1, -0.05) is 75.7 Å². The number of ether oxygens (including phenoxy) is 2. The molecule has 6 rings (SSSR count). The molecular formula is C39H48N8O6. The SMILES string of the molecule is CCC[C@H](OC(N)=O)C(=O)N1CCC[C@H]1c1ncc(-c2ccc(-c3ccc(-c4cnc([C@@H]5CCCN5C(=O)[C@@H](NC(=O)OC)C(C)C)[nH]4)cc3)cc2)[nH]1. The summed E-state index contributed by atoms with van der Waals surface area (Å²) in [6.45, 7) is 6.88. The maximum atomic E-state index is 13.5. The number of nitrogens with zero attached hydrogens (tertiary/aromatic N) is 4. The number of methoxy groups -OCH3 is 1. The molecule has 0 radical (unpaired) electrons. The summed E-state index contributed by atoms with van der Waals surface area (Å²) in [7, 11) is 1.29. The Labute approximate surface area is 308 Å². The predicted octanol–water partition coefficient (Wildman–Crippen LogP) is 6.11. The number of carbonyl (C=O) groups excluding carboxylic acids is 4. The molecule has 2 saturated heterocycles. The Morgan fingerprint density at radius 2 is 1.28 bits per heavy atom. The van der Waals surface area contributed by atoms with E-state index in [4.69, 9.17) is 15.2 Å². The summed E-state index contributed by atoms with van der Waals surface area (Å²) >= 11 is 0. The highest BCUT2D eigenvalue weighted by atomic mass is 16.6. The standard InChI is InChI=1S/C39H48N8O6/c1-5-8-32(53-38(40)50)36(48)46-19-6-9-30(46)34-41-21-28(43-34)26-15-11-24(12-16-26)25-13-17-27(18-14-25)29-22-42-35(44-29)31-10-7-20-47(31)37(49)33(23(2)3)45-39(51)52-4/h11-18,21-23,30-33H,5-10,19-20H2,1-4H3,(H2,40,50)(H,41,43)(H,42,44)(H,45,51)/t30-,31-,32-,33-/m0/s1. The fourth-order valence-corrected chi connectivity index (χ4v) is 7.32. The van der Waals surface area contributed by atoms with E-state index in [9.17, 15) is 19.2 Å². The lowest BCUT2D eigenvalue weighted by Crippen LogP contribution is -2.51. The van der Waals surface area contributed by atoms with Crippen molar-refractivity contribution in [2.75, 3.05) is 20.2 Å². The number of hydrogen-bond donors (Lipinski definition) is 4. The van der Waals surface area contributed by atoms with Gasteiger partial charge in [0.1, 0.15) is 17.7 Å². The van der Waals surface area contributed by atoms with E-state index in [0.717, 1.165) is 65.1 Å². The lowest BCUT2D eigenvalue weighted by atomic mass is 10.0. The van der Waals surface area contributed by atoms with Crippen LogP contribution in [0.2, 0.25) is 0 Å². The van der Waals surface area contributed by atoms with E-state index < -0.39 is 24.3 Å². The lowest BCUT2D eigenvalue weighted by Gasteiger charge is -2.30. The van der Waals surface area contributed by atoms with Gasteiger partial charge in [-0.05, 0) is 60.3 Å². The summed E-state index contributed by atoms with van der Waals surface area (Å²) in [5, 5.41) is 2.69. The average Bonchev–Trinajstić information content (AvgIpc) is 3.99. The molecule has 4 aromatic rings. The van der Waals surface area contributed by atoms with Crippen LogP contribution in [0.25, 0.3) is 33.6 Å². The van der Waals surface area contributed by atoms with Gasteiger partial charge >= 0.3 is 12.2 Å². The van der Waals surface area contributed by atoms with Gasteiger partial charge in [0, 0.05) is 13.1 Å². The van der Waals surface area contributed by atoms with E-state index in [0.29, 0.717) is 31.8 Å². The van der Waals surface area contributed by atoms with Crippen molar-refractivity contribution in [1.29, 1.82) is 0 Å². The third kappa shape index (κ3) is 8.21. The van der Waals surface area contributed by atoms with Crippen molar-refractivity contribution in [3.05, 3.63) is 72.6 Å². The lowest BCUT2D eigenvalue weighted by molar-refractivity contribution is -0.141. The highest BCUT2D eigenvalue weighted by Crippen LogP contribution is 2.35. The predicted molar refractivity (Wildman–Crippen MR) is 198 cm³/mol. The minimum Gasteiger partial charge on any atom is -0.453 e. The summed E-state index contributed by atoms with van der Waals surface area (Å²) in [5.74, 6) is 0.929. The molecule has 0 bridgehead atoms. The molecule has 0 spiro atoms. The molecule has 4 heterocycles. The molecular weight excluding hydrogens is 676 g/mol. The van der Waals surface area contributed by atoms with Gasteiger partial charge in [0.2, 0.25) is 5.91 Å². The minimum absolute atomic E-state index is 0.105. The van der Waals surface area contributed by atoms with Crippen LogP contribution < -0.4 is 11.1 Å². The largest absolute Gasteiger partial charge is 0.453 e. The summed E-state index contributed by atoms with van der Waals surface area (Å²) < 4.78 is 9.89. The highest BCUT2D eigenvalue weighted by Gasteiger charge is 2.38. The topological polar surface area (TPSA) is 189 Å². The molecule has 2 aromatic carbocycles. The number of benzene rings is 2. The van der Waals surface area contributed by atoms with Gasteiger partial charge in [-0.2, -0.15) is 0 Å². The molecule has 2 aliphatic rings. The van der Waals surface area contributed by atoms with Gasteiger partial charge in [0.05, 0.1) is 43.0 Å².